The van der Waals surface area contributed by atoms with Gasteiger partial charge in [-0.15, -0.1) is 0 Å². The van der Waals surface area contributed by atoms with Crippen molar-refractivity contribution in [1.82, 2.24) is 4.90 Å². The monoisotopic (exact) mass is 400 g/mol. The number of likely N-dealkylation sites (tertiary alicyclic amines) is 1. The summed E-state index contributed by atoms with van der Waals surface area (Å²) in [5.41, 5.74) is 2.87. The number of amides is 1. The molecule has 6 heteroatoms. The molecule has 3 rings (SSSR count). The third-order valence-electron chi connectivity index (χ3n) is 5.49. The molecule has 1 heterocycles. The number of sulfonamides is 1. The standard InChI is InChI=1S/C22H28N2O3S/c1-23(28(2,26)27)21-10-8-19(9-11-21)17-22(25)24-14-12-20(13-15-24)16-18-6-4-3-5-7-18/h3-11,20H,12-17H2,1-2H3. The Hall–Kier alpha value is -2.34. The molecule has 1 saturated heterocycles. The van der Waals surface area contributed by atoms with Crippen LogP contribution in [0.4, 0.5) is 5.69 Å². The number of rotatable bonds is 6. The number of nitrogens with zero attached hydrogens (tertiary/aromatic N) is 2. The van der Waals surface area contributed by atoms with Gasteiger partial charge in [-0.3, -0.25) is 9.10 Å². The Morgan fingerprint density at radius 2 is 1.61 bits per heavy atom. The third-order valence-corrected chi connectivity index (χ3v) is 6.69. The number of hydrogen-bond acceptors (Lipinski definition) is 3. The number of hydrogen-bond donors (Lipinski definition) is 0. The van der Waals surface area contributed by atoms with Gasteiger partial charge in [0.05, 0.1) is 18.4 Å². The van der Waals surface area contributed by atoms with Crippen LogP contribution in [0.25, 0.3) is 0 Å². The molecule has 5 nitrogen and oxygen atoms in total. The van der Waals surface area contributed by atoms with E-state index >= 15 is 0 Å². The summed E-state index contributed by atoms with van der Waals surface area (Å²) < 4.78 is 24.4. The largest absolute Gasteiger partial charge is 0.342 e. The van der Waals surface area contributed by atoms with E-state index in [4.69, 9.17) is 0 Å². The predicted molar refractivity (Wildman–Crippen MR) is 113 cm³/mol. The Morgan fingerprint density at radius 1 is 1.00 bits per heavy atom. The molecular formula is C22H28N2O3S. The zero-order valence-electron chi connectivity index (χ0n) is 16.5. The Labute approximate surface area is 168 Å². The number of piperidine rings is 1. The lowest BCUT2D eigenvalue weighted by Crippen LogP contribution is -2.39. The summed E-state index contributed by atoms with van der Waals surface area (Å²) in [5, 5.41) is 0. The molecule has 0 saturated carbocycles. The lowest BCUT2D eigenvalue weighted by molar-refractivity contribution is -0.131. The minimum absolute atomic E-state index is 0.141. The minimum Gasteiger partial charge on any atom is -0.342 e. The smallest absolute Gasteiger partial charge is 0.231 e. The highest BCUT2D eigenvalue weighted by atomic mass is 32.2. The molecule has 0 N–H and O–H groups in total. The van der Waals surface area contributed by atoms with Gasteiger partial charge in [0.25, 0.3) is 0 Å². The fourth-order valence-electron chi connectivity index (χ4n) is 3.64. The van der Waals surface area contributed by atoms with Crippen LogP contribution < -0.4 is 4.31 Å². The van der Waals surface area contributed by atoms with Crippen LogP contribution >= 0.6 is 0 Å². The van der Waals surface area contributed by atoms with E-state index in [0.29, 0.717) is 18.0 Å². The van der Waals surface area contributed by atoms with Gasteiger partial charge in [0.1, 0.15) is 0 Å². The van der Waals surface area contributed by atoms with E-state index < -0.39 is 10.0 Å². The normalized spacial score (nSPS) is 15.4. The van der Waals surface area contributed by atoms with Crippen molar-refractivity contribution in [3.8, 4) is 0 Å². The van der Waals surface area contributed by atoms with Gasteiger partial charge in [-0.1, -0.05) is 42.5 Å². The van der Waals surface area contributed by atoms with Crippen molar-refractivity contribution in [3.63, 3.8) is 0 Å². The zero-order chi connectivity index (χ0) is 20.1. The van der Waals surface area contributed by atoms with E-state index in [9.17, 15) is 13.2 Å². The van der Waals surface area contributed by atoms with Crippen LogP contribution in [0, 0.1) is 5.92 Å². The highest BCUT2D eigenvalue weighted by Gasteiger charge is 2.23. The van der Waals surface area contributed by atoms with Gasteiger partial charge in [-0.2, -0.15) is 0 Å². The van der Waals surface area contributed by atoms with Crippen molar-refractivity contribution in [2.24, 2.45) is 5.92 Å². The van der Waals surface area contributed by atoms with E-state index in [-0.39, 0.29) is 5.91 Å². The molecule has 150 valence electrons. The summed E-state index contributed by atoms with van der Waals surface area (Å²) in [6.07, 6.45) is 4.69. The summed E-state index contributed by atoms with van der Waals surface area (Å²) in [7, 11) is -1.76. The van der Waals surface area contributed by atoms with Crippen molar-refractivity contribution < 1.29 is 13.2 Å². The number of carbonyl (C=O) groups excluding carboxylic acids is 1. The first-order valence-electron chi connectivity index (χ1n) is 9.67. The van der Waals surface area contributed by atoms with E-state index in [1.54, 1.807) is 12.1 Å². The molecule has 28 heavy (non-hydrogen) atoms. The molecule has 0 unspecified atom stereocenters. The summed E-state index contributed by atoms with van der Waals surface area (Å²) >= 11 is 0. The van der Waals surface area contributed by atoms with E-state index in [1.807, 2.05) is 23.1 Å². The molecule has 2 aromatic rings. The molecule has 0 bridgehead atoms. The molecule has 0 aliphatic carbocycles. The van der Waals surface area contributed by atoms with Gasteiger partial charge < -0.3 is 4.90 Å². The van der Waals surface area contributed by atoms with Crippen LogP contribution in [0.3, 0.4) is 0 Å². The van der Waals surface area contributed by atoms with Gasteiger partial charge >= 0.3 is 0 Å². The second-order valence-electron chi connectivity index (χ2n) is 7.59. The molecule has 2 aromatic carbocycles. The number of anilines is 1. The molecule has 0 aromatic heterocycles. The average Bonchev–Trinajstić information content (AvgIpc) is 2.68. The first-order valence-corrected chi connectivity index (χ1v) is 11.5. The van der Waals surface area contributed by atoms with Crippen LogP contribution in [-0.4, -0.2) is 45.6 Å². The lowest BCUT2D eigenvalue weighted by Gasteiger charge is -2.32. The Balaban J connectivity index is 1.50. The highest BCUT2D eigenvalue weighted by Crippen LogP contribution is 2.23. The van der Waals surface area contributed by atoms with E-state index in [2.05, 4.69) is 24.3 Å². The van der Waals surface area contributed by atoms with Gasteiger partial charge in [0.2, 0.25) is 15.9 Å². The van der Waals surface area contributed by atoms with Crippen LogP contribution in [0.2, 0.25) is 0 Å². The molecule has 1 aliphatic heterocycles. The van der Waals surface area contributed by atoms with Gasteiger partial charge in [-0.05, 0) is 48.4 Å². The maximum absolute atomic E-state index is 12.6. The predicted octanol–water partition coefficient (Wildman–Crippen LogP) is 3.11. The van der Waals surface area contributed by atoms with Crippen molar-refractivity contribution in [3.05, 3.63) is 65.7 Å². The molecule has 1 fully saturated rings. The summed E-state index contributed by atoms with van der Waals surface area (Å²) in [4.78, 5) is 14.6. The average molecular weight is 401 g/mol. The first-order chi connectivity index (χ1) is 13.3. The Morgan fingerprint density at radius 3 is 2.18 bits per heavy atom. The number of benzene rings is 2. The van der Waals surface area contributed by atoms with Crippen molar-refractivity contribution in [1.29, 1.82) is 0 Å². The Kier molecular flexibility index (Phi) is 6.39. The van der Waals surface area contributed by atoms with Gasteiger partial charge in [0.15, 0.2) is 0 Å². The maximum atomic E-state index is 12.6. The topological polar surface area (TPSA) is 57.7 Å². The van der Waals surface area contributed by atoms with Crippen molar-refractivity contribution in [2.75, 3.05) is 30.7 Å². The van der Waals surface area contributed by atoms with Crippen molar-refractivity contribution >= 4 is 21.6 Å². The van der Waals surface area contributed by atoms with Gasteiger partial charge in [0, 0.05) is 20.1 Å². The second kappa shape index (κ2) is 8.78. The zero-order valence-corrected chi connectivity index (χ0v) is 17.4. The Bertz CT molecular complexity index is 887. The SMILES string of the molecule is CN(c1ccc(CC(=O)N2CCC(Cc3ccccc3)CC2)cc1)S(C)(=O)=O. The van der Waals surface area contributed by atoms with Crippen molar-refractivity contribution in [2.45, 2.75) is 25.7 Å². The minimum atomic E-state index is -3.28. The quantitative estimate of drug-likeness (QED) is 0.749. The van der Waals surface area contributed by atoms with E-state index in [0.717, 1.165) is 37.9 Å². The fourth-order valence-corrected chi connectivity index (χ4v) is 4.14. The van der Waals surface area contributed by atoms with Gasteiger partial charge in [-0.25, -0.2) is 8.42 Å². The first kappa shape index (κ1) is 20.4. The summed E-state index contributed by atoms with van der Waals surface area (Å²) in [6, 6.07) is 17.7. The summed E-state index contributed by atoms with van der Waals surface area (Å²) in [6.45, 7) is 1.62. The highest BCUT2D eigenvalue weighted by molar-refractivity contribution is 7.92. The molecule has 1 aliphatic rings. The molecule has 0 spiro atoms. The molecule has 0 radical (unpaired) electrons. The number of carbonyl (C=O) groups is 1. The van der Waals surface area contributed by atoms with Crippen LogP contribution in [0.15, 0.2) is 54.6 Å². The second-order valence-corrected chi connectivity index (χ2v) is 9.60. The fraction of sp³-hybridized carbons (Fsp3) is 0.409. The van der Waals surface area contributed by atoms with Crippen LogP contribution in [0.5, 0.6) is 0 Å². The van der Waals surface area contributed by atoms with E-state index in [1.165, 1.54) is 23.2 Å². The van der Waals surface area contributed by atoms with Crippen LogP contribution in [0.1, 0.15) is 24.0 Å². The molecule has 0 atom stereocenters. The summed E-state index contributed by atoms with van der Waals surface area (Å²) in [5.74, 6) is 0.777. The maximum Gasteiger partial charge on any atom is 0.231 e. The van der Waals surface area contributed by atoms with Crippen LogP contribution in [-0.2, 0) is 27.7 Å². The lowest BCUT2D eigenvalue weighted by atomic mass is 9.90. The third kappa shape index (κ3) is 5.35. The molecule has 1 amide bonds. The molecular weight excluding hydrogens is 372 g/mol.